The second kappa shape index (κ2) is 6.20. The lowest BCUT2D eigenvalue weighted by atomic mass is 10.1. The molecule has 0 bridgehead atoms. The first-order valence-corrected chi connectivity index (χ1v) is 6.20. The van der Waals surface area contributed by atoms with Gasteiger partial charge in [-0.05, 0) is 42.8 Å². The van der Waals surface area contributed by atoms with Gasteiger partial charge in [-0.15, -0.1) is 0 Å². The number of hydrogen-bond donors (Lipinski definition) is 2. The molecule has 1 atom stereocenters. The molecule has 100 valence electrons. The van der Waals surface area contributed by atoms with Gasteiger partial charge in [0.2, 0.25) is 0 Å². The largest absolute Gasteiger partial charge is 0.508 e. The highest BCUT2D eigenvalue weighted by Crippen LogP contribution is 2.23. The summed E-state index contributed by atoms with van der Waals surface area (Å²) in [6, 6.07) is 9.36. The van der Waals surface area contributed by atoms with E-state index in [1.165, 1.54) is 0 Å². The summed E-state index contributed by atoms with van der Waals surface area (Å²) in [6.45, 7) is 2.65. The molecular weight excluding hydrogens is 240 g/mol. The monoisotopic (exact) mass is 258 g/mol. The molecule has 2 rings (SSSR count). The quantitative estimate of drug-likeness (QED) is 0.865. The number of phenols is 1. The molecule has 0 aliphatic carbocycles. The number of ether oxygens (including phenoxy) is 1. The van der Waals surface area contributed by atoms with Crippen molar-refractivity contribution in [3.05, 3.63) is 53.9 Å². The van der Waals surface area contributed by atoms with E-state index in [1.807, 2.05) is 18.2 Å². The highest BCUT2D eigenvalue weighted by atomic mass is 16.5. The minimum atomic E-state index is 0.189. The summed E-state index contributed by atoms with van der Waals surface area (Å²) in [6.07, 6.45) is 3.55. The van der Waals surface area contributed by atoms with Crippen LogP contribution in [0.2, 0.25) is 0 Å². The summed E-state index contributed by atoms with van der Waals surface area (Å²) in [5, 5.41) is 13.2. The SMILES string of the molecule is COc1ccc(O)c(CNC(C)c2ccncc2)c1. The molecule has 0 aliphatic heterocycles. The van der Waals surface area contributed by atoms with Gasteiger partial charge < -0.3 is 15.2 Å². The lowest BCUT2D eigenvalue weighted by Gasteiger charge is -2.15. The van der Waals surface area contributed by atoms with Gasteiger partial charge >= 0.3 is 0 Å². The molecule has 19 heavy (non-hydrogen) atoms. The van der Waals surface area contributed by atoms with Gasteiger partial charge in [0.15, 0.2) is 0 Å². The number of pyridine rings is 1. The molecular formula is C15H18N2O2. The van der Waals surface area contributed by atoms with Gasteiger partial charge in [0.05, 0.1) is 7.11 Å². The number of methoxy groups -OCH3 is 1. The van der Waals surface area contributed by atoms with Gasteiger partial charge in [-0.25, -0.2) is 0 Å². The van der Waals surface area contributed by atoms with Gasteiger partial charge in [-0.2, -0.15) is 0 Å². The predicted octanol–water partition coefficient (Wildman–Crippen LogP) is 2.65. The first-order chi connectivity index (χ1) is 9.20. The van der Waals surface area contributed by atoms with Gasteiger partial charge in [0, 0.05) is 30.5 Å². The Morgan fingerprint density at radius 1 is 1.26 bits per heavy atom. The van der Waals surface area contributed by atoms with Crippen molar-refractivity contribution in [2.45, 2.75) is 19.5 Å². The topological polar surface area (TPSA) is 54.4 Å². The summed E-state index contributed by atoms with van der Waals surface area (Å²) in [5.74, 6) is 1.02. The molecule has 2 N–H and O–H groups in total. The molecule has 0 aliphatic rings. The van der Waals surface area contributed by atoms with Crippen LogP contribution in [0.4, 0.5) is 0 Å². The van der Waals surface area contributed by atoms with E-state index in [1.54, 1.807) is 31.6 Å². The molecule has 1 unspecified atom stereocenters. The highest BCUT2D eigenvalue weighted by molar-refractivity contribution is 5.39. The number of nitrogens with zero attached hydrogens (tertiary/aromatic N) is 1. The number of nitrogens with one attached hydrogen (secondary N) is 1. The van der Waals surface area contributed by atoms with Crippen LogP contribution in [0, 0.1) is 0 Å². The zero-order chi connectivity index (χ0) is 13.7. The van der Waals surface area contributed by atoms with Crippen LogP contribution >= 0.6 is 0 Å². The Bertz CT molecular complexity index is 529. The number of phenolic OH excluding ortho intramolecular Hbond substituents is 1. The van der Waals surface area contributed by atoms with Crippen molar-refractivity contribution in [1.82, 2.24) is 10.3 Å². The Morgan fingerprint density at radius 3 is 2.68 bits per heavy atom. The van der Waals surface area contributed by atoms with Crippen LogP contribution in [-0.4, -0.2) is 17.2 Å². The molecule has 4 nitrogen and oxygen atoms in total. The number of rotatable bonds is 5. The molecule has 4 heteroatoms. The van der Waals surface area contributed by atoms with Crippen LogP contribution in [0.1, 0.15) is 24.1 Å². The van der Waals surface area contributed by atoms with Gasteiger partial charge in [-0.3, -0.25) is 4.98 Å². The smallest absolute Gasteiger partial charge is 0.120 e. The van der Waals surface area contributed by atoms with E-state index in [-0.39, 0.29) is 11.8 Å². The average Bonchev–Trinajstić information content (AvgIpc) is 2.47. The molecule has 0 saturated carbocycles. The average molecular weight is 258 g/mol. The van der Waals surface area contributed by atoms with Gasteiger partial charge in [0.1, 0.15) is 11.5 Å². The minimum Gasteiger partial charge on any atom is -0.508 e. The maximum Gasteiger partial charge on any atom is 0.120 e. The summed E-state index contributed by atoms with van der Waals surface area (Å²) in [5.41, 5.74) is 1.98. The molecule has 1 heterocycles. The first kappa shape index (κ1) is 13.4. The summed E-state index contributed by atoms with van der Waals surface area (Å²) in [7, 11) is 1.61. The van der Waals surface area contributed by atoms with Gasteiger partial charge in [-0.1, -0.05) is 0 Å². The number of aromatic hydroxyl groups is 1. The third-order valence-corrected chi connectivity index (χ3v) is 3.09. The Kier molecular flexibility index (Phi) is 4.36. The van der Waals surface area contributed by atoms with Crippen molar-refractivity contribution in [3.8, 4) is 11.5 Å². The lowest BCUT2D eigenvalue weighted by molar-refractivity contribution is 0.409. The number of benzene rings is 1. The van der Waals surface area contributed by atoms with E-state index in [9.17, 15) is 5.11 Å². The van der Waals surface area contributed by atoms with E-state index < -0.39 is 0 Å². The zero-order valence-electron chi connectivity index (χ0n) is 11.1. The van der Waals surface area contributed by atoms with Crippen LogP contribution in [-0.2, 0) is 6.54 Å². The van der Waals surface area contributed by atoms with Crippen LogP contribution in [0.5, 0.6) is 11.5 Å². The van der Waals surface area contributed by atoms with Crippen LogP contribution in [0.25, 0.3) is 0 Å². The van der Waals surface area contributed by atoms with Crippen molar-refractivity contribution in [1.29, 1.82) is 0 Å². The van der Waals surface area contributed by atoms with E-state index in [2.05, 4.69) is 17.2 Å². The molecule has 1 aromatic heterocycles. The fraction of sp³-hybridized carbons (Fsp3) is 0.267. The third kappa shape index (κ3) is 3.45. The summed E-state index contributed by atoms with van der Waals surface area (Å²) in [4.78, 5) is 4.00. The predicted molar refractivity (Wildman–Crippen MR) is 74.2 cm³/mol. The fourth-order valence-electron chi connectivity index (χ4n) is 1.86. The molecule has 0 fully saturated rings. The van der Waals surface area contributed by atoms with E-state index >= 15 is 0 Å². The molecule has 1 aromatic carbocycles. The Morgan fingerprint density at radius 2 is 2.00 bits per heavy atom. The highest BCUT2D eigenvalue weighted by Gasteiger charge is 2.07. The van der Waals surface area contributed by atoms with E-state index in [0.29, 0.717) is 6.54 Å². The second-order valence-corrected chi connectivity index (χ2v) is 4.38. The molecule has 0 radical (unpaired) electrons. The van der Waals surface area contributed by atoms with Crippen molar-refractivity contribution in [2.24, 2.45) is 0 Å². The van der Waals surface area contributed by atoms with Gasteiger partial charge in [0.25, 0.3) is 0 Å². The number of hydrogen-bond acceptors (Lipinski definition) is 4. The Balaban J connectivity index is 2.02. The maximum absolute atomic E-state index is 9.81. The number of aromatic nitrogens is 1. The first-order valence-electron chi connectivity index (χ1n) is 6.20. The third-order valence-electron chi connectivity index (χ3n) is 3.09. The van der Waals surface area contributed by atoms with E-state index in [4.69, 9.17) is 4.74 Å². The maximum atomic E-state index is 9.81. The summed E-state index contributed by atoms with van der Waals surface area (Å²) < 4.78 is 5.15. The Labute approximate surface area is 113 Å². The fourth-order valence-corrected chi connectivity index (χ4v) is 1.86. The molecule has 0 amide bonds. The zero-order valence-corrected chi connectivity index (χ0v) is 11.1. The second-order valence-electron chi connectivity index (χ2n) is 4.38. The molecule has 0 saturated heterocycles. The van der Waals surface area contributed by atoms with Crippen molar-refractivity contribution in [3.63, 3.8) is 0 Å². The molecule has 2 aromatic rings. The summed E-state index contributed by atoms with van der Waals surface area (Å²) >= 11 is 0. The molecule has 0 spiro atoms. The van der Waals surface area contributed by atoms with Crippen LogP contribution < -0.4 is 10.1 Å². The Hall–Kier alpha value is -2.07. The van der Waals surface area contributed by atoms with Crippen molar-refractivity contribution in [2.75, 3.05) is 7.11 Å². The van der Waals surface area contributed by atoms with Crippen LogP contribution in [0.15, 0.2) is 42.7 Å². The standard InChI is InChI=1S/C15H18N2O2/c1-11(12-5-7-16-8-6-12)17-10-13-9-14(19-2)3-4-15(13)18/h3-9,11,17-18H,10H2,1-2H3. The normalized spacial score (nSPS) is 12.1. The lowest BCUT2D eigenvalue weighted by Crippen LogP contribution is -2.18. The van der Waals surface area contributed by atoms with Crippen molar-refractivity contribution >= 4 is 0 Å². The van der Waals surface area contributed by atoms with E-state index in [0.717, 1.165) is 16.9 Å². The van der Waals surface area contributed by atoms with Crippen LogP contribution in [0.3, 0.4) is 0 Å². The minimum absolute atomic E-state index is 0.189. The van der Waals surface area contributed by atoms with Crippen molar-refractivity contribution < 1.29 is 9.84 Å².